The maximum absolute atomic E-state index is 13.1. The molecule has 0 radical (unpaired) electrons. The molecule has 0 bridgehead atoms. The predicted molar refractivity (Wildman–Crippen MR) is 109 cm³/mol. The number of non-ortho nitro benzene ring substituents is 1. The van der Waals surface area contributed by atoms with Gasteiger partial charge in [0, 0.05) is 12.1 Å². The zero-order valence-electron chi connectivity index (χ0n) is 14.7. The van der Waals surface area contributed by atoms with Crippen molar-refractivity contribution in [3.8, 4) is 5.69 Å². The molecular weight excluding hydrogens is 354 g/mol. The first-order valence-corrected chi connectivity index (χ1v) is 8.63. The fourth-order valence-electron chi connectivity index (χ4n) is 3.00. The molecule has 0 spiro atoms. The molecule has 0 saturated carbocycles. The Balaban J connectivity index is 1.89. The molecule has 0 aliphatic carbocycles. The van der Waals surface area contributed by atoms with Crippen molar-refractivity contribution in [2.75, 3.05) is 0 Å². The van der Waals surface area contributed by atoms with E-state index in [4.69, 9.17) is 0 Å². The highest BCUT2D eigenvalue weighted by Gasteiger charge is 2.11. The molecule has 6 heteroatoms. The van der Waals surface area contributed by atoms with Gasteiger partial charge in [0.2, 0.25) is 0 Å². The van der Waals surface area contributed by atoms with Gasteiger partial charge in [-0.3, -0.25) is 19.5 Å². The Kier molecular flexibility index (Phi) is 4.51. The van der Waals surface area contributed by atoms with Crippen molar-refractivity contribution in [2.45, 2.75) is 0 Å². The Morgan fingerprint density at radius 3 is 2.43 bits per heavy atom. The quantitative estimate of drug-likeness (QED) is 0.393. The zero-order chi connectivity index (χ0) is 19.5. The van der Waals surface area contributed by atoms with Crippen molar-refractivity contribution in [1.29, 1.82) is 0 Å². The molecule has 28 heavy (non-hydrogen) atoms. The Morgan fingerprint density at radius 2 is 1.64 bits per heavy atom. The number of nitro groups is 1. The molecule has 4 aromatic rings. The lowest BCUT2D eigenvalue weighted by Gasteiger charge is -2.11. The average Bonchev–Trinajstić information content (AvgIpc) is 2.73. The summed E-state index contributed by atoms with van der Waals surface area (Å²) in [5.74, 6) is 0.446. The van der Waals surface area contributed by atoms with Crippen LogP contribution in [0.3, 0.4) is 0 Å². The van der Waals surface area contributed by atoms with Gasteiger partial charge in [-0.15, -0.1) is 0 Å². The van der Waals surface area contributed by atoms with E-state index < -0.39 is 4.92 Å². The topological polar surface area (TPSA) is 78.0 Å². The SMILES string of the molecule is O=c1c2ccccc2nc(C=Cc2cccc([N+](=O)[O-])c2)n1-c1ccccc1. The largest absolute Gasteiger partial charge is 0.270 e. The smallest absolute Gasteiger partial charge is 0.268 e. The van der Waals surface area contributed by atoms with E-state index in [1.165, 1.54) is 16.7 Å². The Morgan fingerprint density at radius 1 is 0.893 bits per heavy atom. The van der Waals surface area contributed by atoms with E-state index in [0.717, 1.165) is 0 Å². The van der Waals surface area contributed by atoms with Crippen LogP contribution in [0.2, 0.25) is 0 Å². The highest BCUT2D eigenvalue weighted by molar-refractivity contribution is 5.80. The highest BCUT2D eigenvalue weighted by atomic mass is 16.6. The number of para-hydroxylation sites is 2. The molecule has 1 aromatic heterocycles. The summed E-state index contributed by atoms with van der Waals surface area (Å²) in [6.07, 6.45) is 3.41. The lowest BCUT2D eigenvalue weighted by molar-refractivity contribution is -0.384. The van der Waals surface area contributed by atoms with Gasteiger partial charge in [-0.25, -0.2) is 4.98 Å². The second-order valence-electron chi connectivity index (χ2n) is 6.15. The summed E-state index contributed by atoms with van der Waals surface area (Å²) >= 11 is 0. The summed E-state index contributed by atoms with van der Waals surface area (Å²) in [7, 11) is 0. The minimum absolute atomic E-state index is 0.00840. The van der Waals surface area contributed by atoms with Gasteiger partial charge in [0.25, 0.3) is 11.2 Å². The van der Waals surface area contributed by atoms with Crippen molar-refractivity contribution in [3.05, 3.63) is 111 Å². The molecule has 0 atom stereocenters. The summed E-state index contributed by atoms with van der Waals surface area (Å²) in [6, 6.07) is 22.7. The van der Waals surface area contributed by atoms with Crippen molar-refractivity contribution in [2.24, 2.45) is 0 Å². The molecule has 136 valence electrons. The van der Waals surface area contributed by atoms with Crippen molar-refractivity contribution >= 4 is 28.7 Å². The summed E-state index contributed by atoms with van der Waals surface area (Å²) in [5, 5.41) is 11.5. The average molecular weight is 369 g/mol. The van der Waals surface area contributed by atoms with Gasteiger partial charge in [-0.2, -0.15) is 0 Å². The molecule has 0 saturated heterocycles. The third-order valence-corrected chi connectivity index (χ3v) is 4.32. The maximum Gasteiger partial charge on any atom is 0.270 e. The third kappa shape index (κ3) is 3.31. The van der Waals surface area contributed by atoms with Crippen LogP contribution < -0.4 is 5.56 Å². The van der Waals surface area contributed by atoms with E-state index in [-0.39, 0.29) is 11.2 Å². The lowest BCUT2D eigenvalue weighted by Crippen LogP contribution is -2.22. The fourth-order valence-corrected chi connectivity index (χ4v) is 3.00. The minimum atomic E-state index is -0.439. The van der Waals surface area contributed by atoms with E-state index in [0.29, 0.717) is 28.0 Å². The Bertz CT molecular complexity index is 1260. The number of hydrogen-bond acceptors (Lipinski definition) is 4. The number of hydrogen-bond donors (Lipinski definition) is 0. The molecule has 0 fully saturated rings. The summed E-state index contributed by atoms with van der Waals surface area (Å²) in [6.45, 7) is 0. The van der Waals surface area contributed by atoms with Crippen LogP contribution in [0.25, 0.3) is 28.7 Å². The van der Waals surface area contributed by atoms with Crippen molar-refractivity contribution in [3.63, 3.8) is 0 Å². The molecule has 0 aliphatic rings. The summed E-state index contributed by atoms with van der Waals surface area (Å²) < 4.78 is 1.54. The van der Waals surface area contributed by atoms with E-state index in [1.807, 2.05) is 36.4 Å². The normalized spacial score (nSPS) is 11.1. The number of benzene rings is 3. The number of rotatable bonds is 4. The molecule has 0 amide bonds. The molecule has 0 aliphatic heterocycles. The van der Waals surface area contributed by atoms with Crippen LogP contribution in [0.1, 0.15) is 11.4 Å². The molecule has 0 N–H and O–H groups in total. The van der Waals surface area contributed by atoms with Gasteiger partial charge >= 0.3 is 0 Å². The highest BCUT2D eigenvalue weighted by Crippen LogP contribution is 2.17. The molecular formula is C22H15N3O3. The zero-order valence-corrected chi connectivity index (χ0v) is 14.7. The number of nitro benzene ring substituents is 1. The lowest BCUT2D eigenvalue weighted by atomic mass is 10.2. The monoisotopic (exact) mass is 369 g/mol. The summed E-state index contributed by atoms with van der Waals surface area (Å²) in [4.78, 5) is 28.3. The van der Waals surface area contributed by atoms with Crippen LogP contribution >= 0.6 is 0 Å². The van der Waals surface area contributed by atoms with Gasteiger partial charge in [0.1, 0.15) is 5.82 Å². The van der Waals surface area contributed by atoms with Crippen LogP contribution in [-0.2, 0) is 0 Å². The van der Waals surface area contributed by atoms with Crippen molar-refractivity contribution < 1.29 is 4.92 Å². The van der Waals surface area contributed by atoms with Gasteiger partial charge < -0.3 is 0 Å². The van der Waals surface area contributed by atoms with Gasteiger partial charge in [-0.05, 0) is 35.9 Å². The van der Waals surface area contributed by atoms with Crippen LogP contribution in [0.4, 0.5) is 5.69 Å². The second-order valence-corrected chi connectivity index (χ2v) is 6.15. The Hall–Kier alpha value is -4.06. The number of nitrogens with zero attached hydrogens (tertiary/aromatic N) is 3. The van der Waals surface area contributed by atoms with Crippen LogP contribution in [0, 0.1) is 10.1 Å². The molecule has 1 heterocycles. The van der Waals surface area contributed by atoms with Gasteiger partial charge in [0.05, 0.1) is 21.5 Å². The van der Waals surface area contributed by atoms with Crippen LogP contribution in [0.5, 0.6) is 0 Å². The van der Waals surface area contributed by atoms with Crippen LogP contribution in [-0.4, -0.2) is 14.5 Å². The Labute approximate surface area is 160 Å². The minimum Gasteiger partial charge on any atom is -0.268 e. The van der Waals surface area contributed by atoms with Gasteiger partial charge in [-0.1, -0.05) is 48.5 Å². The fraction of sp³-hybridized carbons (Fsp3) is 0. The van der Waals surface area contributed by atoms with E-state index >= 15 is 0 Å². The van der Waals surface area contributed by atoms with E-state index in [1.54, 1.807) is 42.5 Å². The second kappa shape index (κ2) is 7.28. The first kappa shape index (κ1) is 17.4. The van der Waals surface area contributed by atoms with E-state index in [9.17, 15) is 14.9 Å². The first-order chi connectivity index (χ1) is 13.6. The van der Waals surface area contributed by atoms with Crippen LogP contribution in [0.15, 0.2) is 83.7 Å². The molecule has 3 aromatic carbocycles. The number of fused-ring (bicyclic) bond motifs is 1. The standard InChI is InChI=1S/C22H15N3O3/c26-22-19-11-4-5-12-20(19)23-21(24(22)17-8-2-1-3-9-17)14-13-16-7-6-10-18(15-16)25(27)28/h1-15H. The van der Waals surface area contributed by atoms with Gasteiger partial charge in [0.15, 0.2) is 0 Å². The predicted octanol–water partition coefficient (Wildman–Crippen LogP) is 4.46. The first-order valence-electron chi connectivity index (χ1n) is 8.63. The van der Waals surface area contributed by atoms with E-state index in [2.05, 4.69) is 4.98 Å². The van der Waals surface area contributed by atoms with Crippen molar-refractivity contribution in [1.82, 2.24) is 9.55 Å². The number of aromatic nitrogens is 2. The molecule has 0 unspecified atom stereocenters. The maximum atomic E-state index is 13.1. The molecule has 6 nitrogen and oxygen atoms in total. The molecule has 4 rings (SSSR count). The third-order valence-electron chi connectivity index (χ3n) is 4.32. The summed E-state index contributed by atoms with van der Waals surface area (Å²) in [5.41, 5.74) is 1.78.